The summed E-state index contributed by atoms with van der Waals surface area (Å²) in [5.74, 6) is -1.62. The van der Waals surface area contributed by atoms with Crippen molar-refractivity contribution in [3.63, 3.8) is 0 Å². The summed E-state index contributed by atoms with van der Waals surface area (Å²) >= 11 is 0. The number of ether oxygens (including phenoxy) is 1. The van der Waals surface area contributed by atoms with Crippen LogP contribution < -0.4 is 0 Å². The Kier molecular flexibility index (Phi) is 1.89. The molecule has 0 saturated carbocycles. The van der Waals surface area contributed by atoms with Crippen LogP contribution in [-0.4, -0.2) is 18.2 Å². The van der Waals surface area contributed by atoms with Crippen LogP contribution in [-0.2, 0) is 4.74 Å². The van der Waals surface area contributed by atoms with E-state index >= 15 is 0 Å². The van der Waals surface area contributed by atoms with Gasteiger partial charge >= 0.3 is 5.97 Å². The first-order valence-electron chi connectivity index (χ1n) is 2.87. The van der Waals surface area contributed by atoms with Gasteiger partial charge in [-0.25, -0.2) is 9.18 Å². The fraction of sp³-hybridized carbons (Fsp3) is 0.333. The van der Waals surface area contributed by atoms with E-state index in [9.17, 15) is 9.18 Å². The first kappa shape index (κ1) is 7.71. The highest BCUT2D eigenvalue weighted by Crippen LogP contribution is 2.10. The molecule has 0 aliphatic heterocycles. The predicted molar refractivity (Wildman–Crippen MR) is 32.5 cm³/mol. The fourth-order valence-electron chi connectivity index (χ4n) is 0.585. The van der Waals surface area contributed by atoms with E-state index < -0.39 is 17.5 Å². The van der Waals surface area contributed by atoms with E-state index in [0.717, 1.165) is 7.11 Å². The maximum atomic E-state index is 12.7. The molecule has 0 N–H and O–H groups in total. The molecule has 0 aliphatic carbocycles. The summed E-state index contributed by atoms with van der Waals surface area (Å²) in [5.41, 5.74) is -0.412. The highest BCUT2D eigenvalue weighted by atomic mass is 19.1. The molecule has 0 spiro atoms. The van der Waals surface area contributed by atoms with E-state index in [1.165, 1.54) is 6.92 Å². The van der Waals surface area contributed by atoms with Gasteiger partial charge in [-0.2, -0.15) is 0 Å². The maximum absolute atomic E-state index is 12.7. The minimum Gasteiger partial charge on any atom is -0.464 e. The summed E-state index contributed by atoms with van der Waals surface area (Å²) in [7, 11) is 1.14. The summed E-state index contributed by atoms with van der Waals surface area (Å²) in [6.45, 7) is 1.37. The Hall–Kier alpha value is -1.39. The van der Waals surface area contributed by atoms with Gasteiger partial charge in [0.05, 0.1) is 7.11 Å². The van der Waals surface area contributed by atoms with E-state index in [1.807, 2.05) is 0 Å². The fourth-order valence-corrected chi connectivity index (χ4v) is 0.585. The number of hydrogen-bond donors (Lipinski definition) is 0. The molecule has 0 unspecified atom stereocenters. The SMILES string of the molecule is COC(=O)c1noc(C)c1F. The Balaban J connectivity index is 3.04. The Labute approximate surface area is 61.9 Å². The Morgan fingerprint density at radius 3 is 2.73 bits per heavy atom. The van der Waals surface area contributed by atoms with Gasteiger partial charge in [-0.05, 0) is 6.92 Å². The van der Waals surface area contributed by atoms with Gasteiger partial charge in [-0.3, -0.25) is 0 Å². The van der Waals surface area contributed by atoms with Crippen molar-refractivity contribution in [1.82, 2.24) is 5.16 Å². The third-order valence-corrected chi connectivity index (χ3v) is 1.17. The molecule has 0 radical (unpaired) electrons. The molecule has 1 rings (SSSR count). The van der Waals surface area contributed by atoms with Gasteiger partial charge in [0.25, 0.3) is 0 Å². The number of rotatable bonds is 1. The van der Waals surface area contributed by atoms with Crippen LogP contribution in [0.4, 0.5) is 4.39 Å². The molecule has 11 heavy (non-hydrogen) atoms. The lowest BCUT2D eigenvalue weighted by Gasteiger charge is -1.90. The number of nitrogens with zero attached hydrogens (tertiary/aromatic N) is 1. The van der Waals surface area contributed by atoms with Gasteiger partial charge in [0.1, 0.15) is 0 Å². The molecule has 1 heterocycles. The Morgan fingerprint density at radius 2 is 2.36 bits per heavy atom. The number of esters is 1. The van der Waals surface area contributed by atoms with E-state index in [4.69, 9.17) is 0 Å². The van der Waals surface area contributed by atoms with Gasteiger partial charge in [0.15, 0.2) is 11.6 Å². The zero-order chi connectivity index (χ0) is 8.43. The molecule has 1 aromatic rings. The van der Waals surface area contributed by atoms with E-state index in [1.54, 1.807) is 0 Å². The monoisotopic (exact) mass is 159 g/mol. The van der Waals surface area contributed by atoms with E-state index in [-0.39, 0.29) is 5.76 Å². The van der Waals surface area contributed by atoms with Crippen LogP contribution in [0.2, 0.25) is 0 Å². The summed E-state index contributed by atoms with van der Waals surface area (Å²) in [5, 5.41) is 3.16. The van der Waals surface area contributed by atoms with E-state index in [2.05, 4.69) is 14.4 Å². The zero-order valence-electron chi connectivity index (χ0n) is 6.05. The zero-order valence-corrected chi connectivity index (χ0v) is 6.05. The normalized spacial score (nSPS) is 9.73. The van der Waals surface area contributed by atoms with Crippen molar-refractivity contribution < 1.29 is 18.4 Å². The molecule has 60 valence electrons. The molecular formula is C6H6FNO3. The minimum atomic E-state index is -0.834. The lowest BCUT2D eigenvalue weighted by molar-refractivity contribution is 0.0584. The summed E-state index contributed by atoms with van der Waals surface area (Å²) < 4.78 is 21.4. The molecule has 0 fully saturated rings. The number of aryl methyl sites for hydroxylation is 1. The molecule has 0 aromatic carbocycles. The van der Waals surface area contributed by atoms with Crippen molar-refractivity contribution in [2.45, 2.75) is 6.92 Å². The van der Waals surface area contributed by atoms with E-state index in [0.29, 0.717) is 0 Å². The standard InChI is InChI=1S/C6H6FNO3/c1-3-4(7)5(8-11-3)6(9)10-2/h1-2H3. The highest BCUT2D eigenvalue weighted by molar-refractivity contribution is 5.87. The second-order valence-corrected chi connectivity index (χ2v) is 1.89. The van der Waals surface area contributed by atoms with Crippen molar-refractivity contribution in [3.05, 3.63) is 17.3 Å². The summed E-state index contributed by atoms with van der Waals surface area (Å²) in [4.78, 5) is 10.7. The molecule has 0 bridgehead atoms. The van der Waals surface area contributed by atoms with Crippen LogP contribution in [0, 0.1) is 12.7 Å². The number of halogens is 1. The van der Waals surface area contributed by atoms with Crippen molar-refractivity contribution >= 4 is 5.97 Å². The van der Waals surface area contributed by atoms with Gasteiger partial charge < -0.3 is 9.26 Å². The van der Waals surface area contributed by atoms with Gasteiger partial charge in [0, 0.05) is 0 Å². The van der Waals surface area contributed by atoms with Crippen LogP contribution in [0.3, 0.4) is 0 Å². The molecule has 0 amide bonds. The molecule has 0 aliphatic rings. The first-order valence-corrected chi connectivity index (χ1v) is 2.87. The lowest BCUT2D eigenvalue weighted by atomic mass is 10.3. The average molecular weight is 159 g/mol. The topological polar surface area (TPSA) is 52.3 Å². The van der Waals surface area contributed by atoms with Crippen LogP contribution in [0.5, 0.6) is 0 Å². The van der Waals surface area contributed by atoms with Gasteiger partial charge in [-0.1, -0.05) is 5.16 Å². The number of carbonyl (C=O) groups is 1. The van der Waals surface area contributed by atoms with Crippen LogP contribution >= 0.6 is 0 Å². The Bertz CT molecular complexity index is 281. The second-order valence-electron chi connectivity index (χ2n) is 1.89. The summed E-state index contributed by atoms with van der Waals surface area (Å²) in [6, 6.07) is 0. The van der Waals surface area contributed by atoms with Gasteiger partial charge in [-0.15, -0.1) is 0 Å². The number of carbonyl (C=O) groups excluding carboxylic acids is 1. The van der Waals surface area contributed by atoms with Crippen LogP contribution in [0.25, 0.3) is 0 Å². The highest BCUT2D eigenvalue weighted by Gasteiger charge is 2.19. The first-order chi connectivity index (χ1) is 5.16. The third-order valence-electron chi connectivity index (χ3n) is 1.17. The number of methoxy groups -OCH3 is 1. The Morgan fingerprint density at radius 1 is 1.73 bits per heavy atom. The smallest absolute Gasteiger partial charge is 0.363 e. The van der Waals surface area contributed by atoms with Crippen molar-refractivity contribution in [2.24, 2.45) is 0 Å². The molecular weight excluding hydrogens is 153 g/mol. The van der Waals surface area contributed by atoms with Crippen molar-refractivity contribution in [1.29, 1.82) is 0 Å². The quantitative estimate of drug-likeness (QED) is 0.571. The number of hydrogen-bond acceptors (Lipinski definition) is 4. The molecule has 0 atom stereocenters. The average Bonchev–Trinajstić information content (AvgIpc) is 2.32. The molecule has 5 heteroatoms. The van der Waals surface area contributed by atoms with Crippen LogP contribution in [0.15, 0.2) is 4.52 Å². The largest absolute Gasteiger partial charge is 0.464 e. The predicted octanol–water partition coefficient (Wildman–Crippen LogP) is 0.909. The maximum Gasteiger partial charge on any atom is 0.363 e. The lowest BCUT2D eigenvalue weighted by Crippen LogP contribution is -2.03. The minimum absolute atomic E-state index is 0.0228. The molecule has 4 nitrogen and oxygen atoms in total. The van der Waals surface area contributed by atoms with Crippen LogP contribution in [0.1, 0.15) is 16.2 Å². The number of aromatic nitrogens is 1. The van der Waals surface area contributed by atoms with Crippen molar-refractivity contribution in [2.75, 3.05) is 7.11 Å². The molecule has 0 saturated heterocycles. The molecule has 1 aromatic heterocycles. The van der Waals surface area contributed by atoms with Crippen molar-refractivity contribution in [3.8, 4) is 0 Å². The third kappa shape index (κ3) is 1.21. The summed E-state index contributed by atoms with van der Waals surface area (Å²) in [6.07, 6.45) is 0. The van der Waals surface area contributed by atoms with Gasteiger partial charge in [0.2, 0.25) is 5.69 Å². The second kappa shape index (κ2) is 2.69.